The van der Waals surface area contributed by atoms with E-state index in [2.05, 4.69) is 30.2 Å². The van der Waals surface area contributed by atoms with Crippen molar-refractivity contribution in [1.29, 1.82) is 0 Å². The van der Waals surface area contributed by atoms with Crippen LogP contribution in [-0.4, -0.2) is 56.9 Å². The number of pyridine rings is 2. The van der Waals surface area contributed by atoms with Crippen molar-refractivity contribution in [2.24, 2.45) is 0 Å². The zero-order valence-corrected chi connectivity index (χ0v) is 23.9. The maximum atomic E-state index is 12.9. The third-order valence-electron chi connectivity index (χ3n) is 6.64. The third kappa shape index (κ3) is 7.59. The molecule has 0 aliphatic carbocycles. The second-order valence-electron chi connectivity index (χ2n) is 10.1. The summed E-state index contributed by atoms with van der Waals surface area (Å²) in [5.74, 6) is 1.29. The van der Waals surface area contributed by atoms with Gasteiger partial charge in [0.15, 0.2) is 0 Å². The highest BCUT2D eigenvalue weighted by Gasteiger charge is 2.33. The van der Waals surface area contributed by atoms with E-state index in [9.17, 15) is 13.2 Å². The lowest BCUT2D eigenvalue weighted by atomic mass is 9.88. The molecule has 2 atom stereocenters. The van der Waals surface area contributed by atoms with E-state index in [1.165, 1.54) is 0 Å². The number of nitrogens with zero attached hydrogens (tertiary/aromatic N) is 3. The summed E-state index contributed by atoms with van der Waals surface area (Å²) in [4.78, 5) is 24.3. The van der Waals surface area contributed by atoms with Crippen molar-refractivity contribution in [3.63, 3.8) is 0 Å². The molecular weight excluding hydrogens is 540 g/mol. The molecule has 1 aliphatic heterocycles. The largest absolute Gasteiger partial charge is 0.495 e. The summed E-state index contributed by atoms with van der Waals surface area (Å²) >= 11 is 5.95. The minimum Gasteiger partial charge on any atom is -0.495 e. The standard InChI is InChI=1S/C27H33ClN6O4S/c1-27(2,33-39(4,36)37)18-5-12-25(30-15-18)34-14-13-24(22(17-34)23-11-10-21(38-3)16-29-23)32-26(35)31-20-8-6-19(28)7-9-20/h5-12,15-16,22,24,33H,13-14,17H2,1-4H3,(H2,31,32,35). The molecule has 1 aromatic carbocycles. The van der Waals surface area contributed by atoms with E-state index < -0.39 is 15.6 Å². The first-order valence-electron chi connectivity index (χ1n) is 12.5. The lowest BCUT2D eigenvalue weighted by Gasteiger charge is -2.39. The predicted molar refractivity (Wildman–Crippen MR) is 153 cm³/mol. The van der Waals surface area contributed by atoms with Crippen LogP contribution >= 0.6 is 11.6 Å². The number of benzene rings is 1. The quantitative estimate of drug-likeness (QED) is 0.371. The van der Waals surface area contributed by atoms with Gasteiger partial charge in [-0.1, -0.05) is 17.7 Å². The number of hydrogen-bond donors (Lipinski definition) is 3. The van der Waals surface area contributed by atoms with E-state index in [1.54, 1.807) is 57.6 Å². The lowest BCUT2D eigenvalue weighted by Crippen LogP contribution is -2.51. The highest BCUT2D eigenvalue weighted by molar-refractivity contribution is 7.88. The van der Waals surface area contributed by atoms with Crippen LogP contribution in [0.4, 0.5) is 16.3 Å². The third-order valence-corrected chi connectivity index (χ3v) is 7.77. The molecule has 0 spiro atoms. The molecule has 0 radical (unpaired) electrons. The van der Waals surface area contributed by atoms with Gasteiger partial charge in [-0.2, -0.15) is 0 Å². The van der Waals surface area contributed by atoms with Crippen LogP contribution in [0.25, 0.3) is 0 Å². The molecule has 3 aromatic rings. The Kier molecular flexibility index (Phi) is 8.63. The summed E-state index contributed by atoms with van der Waals surface area (Å²) in [6.07, 6.45) is 5.16. The molecule has 2 unspecified atom stereocenters. The van der Waals surface area contributed by atoms with Crippen molar-refractivity contribution < 1.29 is 17.9 Å². The van der Waals surface area contributed by atoms with Gasteiger partial charge in [0.2, 0.25) is 10.0 Å². The number of urea groups is 1. The molecule has 0 bridgehead atoms. The molecule has 3 N–H and O–H groups in total. The minimum atomic E-state index is -3.39. The number of amides is 2. The summed E-state index contributed by atoms with van der Waals surface area (Å²) in [7, 11) is -1.80. The number of rotatable bonds is 8. The fourth-order valence-corrected chi connectivity index (χ4v) is 5.87. The van der Waals surface area contributed by atoms with E-state index in [1.807, 2.05) is 24.3 Å². The maximum absolute atomic E-state index is 12.9. The van der Waals surface area contributed by atoms with Gasteiger partial charge in [-0.15, -0.1) is 0 Å². The molecular formula is C27H33ClN6O4S. The van der Waals surface area contributed by atoms with Gasteiger partial charge in [-0.3, -0.25) is 4.98 Å². The number of anilines is 2. The number of carbonyl (C=O) groups is 1. The van der Waals surface area contributed by atoms with Crippen LogP contribution in [-0.2, 0) is 15.6 Å². The Balaban J connectivity index is 1.52. The number of ether oxygens (including phenoxy) is 1. The van der Waals surface area contributed by atoms with Gasteiger partial charge in [0.25, 0.3) is 0 Å². The number of methoxy groups -OCH3 is 1. The number of aromatic nitrogens is 2. The van der Waals surface area contributed by atoms with Crippen LogP contribution in [0.1, 0.15) is 37.4 Å². The van der Waals surface area contributed by atoms with Crippen LogP contribution < -0.4 is 25.0 Å². The molecule has 1 aliphatic rings. The van der Waals surface area contributed by atoms with Crippen molar-refractivity contribution in [2.75, 3.05) is 36.7 Å². The van der Waals surface area contributed by atoms with Crippen LogP contribution in [0.2, 0.25) is 5.02 Å². The summed E-state index contributed by atoms with van der Waals surface area (Å²) in [5, 5.41) is 6.57. The van der Waals surface area contributed by atoms with Gasteiger partial charge in [0, 0.05) is 47.7 Å². The second-order valence-corrected chi connectivity index (χ2v) is 12.3. The van der Waals surface area contributed by atoms with Crippen molar-refractivity contribution in [2.45, 2.75) is 37.8 Å². The topological polar surface area (TPSA) is 126 Å². The Bertz CT molecular complexity index is 1380. The molecule has 208 valence electrons. The van der Waals surface area contributed by atoms with E-state index in [0.717, 1.165) is 23.3 Å². The molecule has 10 nitrogen and oxygen atoms in total. The van der Waals surface area contributed by atoms with E-state index >= 15 is 0 Å². The van der Waals surface area contributed by atoms with Gasteiger partial charge in [0.05, 0.1) is 25.1 Å². The zero-order chi connectivity index (χ0) is 28.2. The normalized spacial score (nSPS) is 17.9. The molecule has 4 rings (SSSR count). The lowest BCUT2D eigenvalue weighted by molar-refractivity contribution is 0.243. The van der Waals surface area contributed by atoms with Crippen LogP contribution in [0.15, 0.2) is 60.9 Å². The Hall–Kier alpha value is -3.41. The Morgan fingerprint density at radius 2 is 1.82 bits per heavy atom. The number of piperidine rings is 1. The molecule has 1 fully saturated rings. The highest BCUT2D eigenvalue weighted by atomic mass is 35.5. The first-order valence-corrected chi connectivity index (χ1v) is 14.7. The van der Waals surface area contributed by atoms with Gasteiger partial charge < -0.3 is 20.3 Å². The number of halogens is 1. The van der Waals surface area contributed by atoms with Crippen molar-refractivity contribution in [3.8, 4) is 5.75 Å². The Labute approximate surface area is 234 Å². The average Bonchev–Trinajstić information content (AvgIpc) is 2.89. The van der Waals surface area contributed by atoms with Gasteiger partial charge >= 0.3 is 6.03 Å². The smallest absolute Gasteiger partial charge is 0.319 e. The molecule has 0 saturated carbocycles. The number of hydrogen-bond acceptors (Lipinski definition) is 7. The Morgan fingerprint density at radius 3 is 2.41 bits per heavy atom. The highest BCUT2D eigenvalue weighted by Crippen LogP contribution is 2.31. The van der Waals surface area contributed by atoms with Crippen LogP contribution in [0.3, 0.4) is 0 Å². The summed E-state index contributed by atoms with van der Waals surface area (Å²) in [6.45, 7) is 4.82. The van der Waals surface area contributed by atoms with Gasteiger partial charge in [0.1, 0.15) is 11.6 Å². The van der Waals surface area contributed by atoms with Crippen molar-refractivity contribution in [3.05, 3.63) is 77.2 Å². The minimum absolute atomic E-state index is 0.120. The molecule has 3 heterocycles. The number of carbonyl (C=O) groups excluding carboxylic acids is 1. The maximum Gasteiger partial charge on any atom is 0.319 e. The van der Waals surface area contributed by atoms with Crippen LogP contribution in [0.5, 0.6) is 5.75 Å². The summed E-state index contributed by atoms with van der Waals surface area (Å²) < 4.78 is 31.5. The molecule has 1 saturated heterocycles. The second kappa shape index (κ2) is 11.8. The number of nitrogens with one attached hydrogen (secondary N) is 3. The number of sulfonamides is 1. The van der Waals surface area contributed by atoms with Gasteiger partial charge in [-0.25, -0.2) is 22.9 Å². The molecule has 2 amide bonds. The fourth-order valence-electron chi connectivity index (χ4n) is 4.70. The molecule has 39 heavy (non-hydrogen) atoms. The van der Waals surface area contributed by atoms with Crippen molar-refractivity contribution in [1.82, 2.24) is 20.0 Å². The summed E-state index contributed by atoms with van der Waals surface area (Å²) in [6, 6.07) is 14.0. The van der Waals surface area contributed by atoms with Gasteiger partial charge in [-0.05, 0) is 68.3 Å². The van der Waals surface area contributed by atoms with Crippen LogP contribution in [0, 0.1) is 0 Å². The Morgan fingerprint density at radius 1 is 1.08 bits per heavy atom. The van der Waals surface area contributed by atoms with E-state index in [0.29, 0.717) is 36.0 Å². The SMILES string of the molecule is COc1ccc(C2CN(c3ccc(C(C)(C)NS(C)(=O)=O)cn3)CCC2NC(=O)Nc2ccc(Cl)cc2)nc1. The van der Waals surface area contributed by atoms with Crippen molar-refractivity contribution >= 4 is 39.2 Å². The van der Waals surface area contributed by atoms with E-state index in [-0.39, 0.29) is 18.0 Å². The predicted octanol–water partition coefficient (Wildman–Crippen LogP) is 4.11. The first-order chi connectivity index (χ1) is 18.4. The fraction of sp³-hybridized carbons (Fsp3) is 0.370. The monoisotopic (exact) mass is 572 g/mol. The average molecular weight is 573 g/mol. The first kappa shape index (κ1) is 28.6. The molecule has 12 heteroatoms. The summed E-state index contributed by atoms with van der Waals surface area (Å²) in [5.41, 5.74) is 1.42. The molecule has 2 aromatic heterocycles. The zero-order valence-electron chi connectivity index (χ0n) is 22.3. The van der Waals surface area contributed by atoms with E-state index in [4.69, 9.17) is 16.3 Å².